The van der Waals surface area contributed by atoms with Crippen LogP contribution in [0.3, 0.4) is 0 Å². The van der Waals surface area contributed by atoms with Crippen molar-refractivity contribution in [2.24, 2.45) is 5.73 Å². The molecule has 0 fully saturated rings. The van der Waals surface area contributed by atoms with Gasteiger partial charge in [0, 0.05) is 6.04 Å². The molecule has 0 bridgehead atoms. The lowest BCUT2D eigenvalue weighted by molar-refractivity contribution is -0.143. The Balaban J connectivity index is 1.97. The Morgan fingerprint density at radius 1 is 1.05 bits per heavy atom. The second kappa shape index (κ2) is 7.60. The molecule has 2 N–H and O–H groups in total. The van der Waals surface area contributed by atoms with Crippen LogP contribution in [0, 0.1) is 0 Å². The summed E-state index contributed by atoms with van der Waals surface area (Å²) in [6.45, 7) is 2.18. The molecule has 0 aliphatic rings. The summed E-state index contributed by atoms with van der Waals surface area (Å²) in [5.41, 5.74) is 9.49. The van der Waals surface area contributed by atoms with Crippen molar-refractivity contribution < 1.29 is 9.53 Å². The lowest BCUT2D eigenvalue weighted by Gasteiger charge is -2.12. The molecule has 0 heterocycles. The average molecular weight is 283 g/mol. The zero-order chi connectivity index (χ0) is 15.1. The molecule has 2 rings (SSSR count). The molecule has 2 aromatic rings. The fourth-order valence-corrected chi connectivity index (χ4v) is 2.23. The van der Waals surface area contributed by atoms with Crippen molar-refractivity contribution in [3.05, 3.63) is 71.3 Å². The SMILES string of the molecule is CCOC(=O)CC(N)c1ccc(Cc2ccccc2)cc1. The highest BCUT2D eigenvalue weighted by Gasteiger charge is 2.12. The highest BCUT2D eigenvalue weighted by molar-refractivity contribution is 5.70. The van der Waals surface area contributed by atoms with Crippen LogP contribution >= 0.6 is 0 Å². The normalized spacial score (nSPS) is 11.9. The van der Waals surface area contributed by atoms with Crippen LogP contribution in [0.15, 0.2) is 54.6 Å². The number of nitrogens with two attached hydrogens (primary N) is 1. The molecule has 0 amide bonds. The number of benzene rings is 2. The number of hydrogen-bond acceptors (Lipinski definition) is 3. The van der Waals surface area contributed by atoms with Gasteiger partial charge in [-0.3, -0.25) is 4.79 Å². The third-order valence-corrected chi connectivity index (χ3v) is 3.35. The van der Waals surface area contributed by atoms with Gasteiger partial charge < -0.3 is 10.5 Å². The number of ether oxygens (including phenoxy) is 1. The maximum absolute atomic E-state index is 11.4. The predicted octanol–water partition coefficient (Wildman–Crippen LogP) is 3.23. The second-order valence-electron chi connectivity index (χ2n) is 5.02. The van der Waals surface area contributed by atoms with Crippen molar-refractivity contribution in [3.63, 3.8) is 0 Å². The monoisotopic (exact) mass is 283 g/mol. The topological polar surface area (TPSA) is 52.3 Å². The largest absolute Gasteiger partial charge is 0.466 e. The third kappa shape index (κ3) is 4.72. The van der Waals surface area contributed by atoms with Crippen LogP contribution in [0.25, 0.3) is 0 Å². The minimum absolute atomic E-state index is 0.214. The standard InChI is InChI=1S/C18H21NO2/c1-2-21-18(20)13-17(19)16-10-8-15(9-11-16)12-14-6-4-3-5-7-14/h3-11,17H,2,12-13,19H2,1H3. The average Bonchev–Trinajstić information content (AvgIpc) is 2.49. The molecule has 0 radical (unpaired) electrons. The van der Waals surface area contributed by atoms with Gasteiger partial charge in [-0.2, -0.15) is 0 Å². The minimum Gasteiger partial charge on any atom is -0.466 e. The van der Waals surface area contributed by atoms with Crippen molar-refractivity contribution in [2.45, 2.75) is 25.8 Å². The van der Waals surface area contributed by atoms with Crippen LogP contribution in [0.1, 0.15) is 36.1 Å². The van der Waals surface area contributed by atoms with Gasteiger partial charge in [0.05, 0.1) is 13.0 Å². The molecule has 110 valence electrons. The van der Waals surface area contributed by atoms with Crippen LogP contribution in [-0.4, -0.2) is 12.6 Å². The first kappa shape index (κ1) is 15.3. The summed E-state index contributed by atoms with van der Waals surface area (Å²) in [5.74, 6) is -0.252. The van der Waals surface area contributed by atoms with Gasteiger partial charge in [0.1, 0.15) is 0 Å². The van der Waals surface area contributed by atoms with Gasteiger partial charge in [-0.05, 0) is 30.0 Å². The molecule has 21 heavy (non-hydrogen) atoms. The maximum Gasteiger partial charge on any atom is 0.307 e. The second-order valence-corrected chi connectivity index (χ2v) is 5.02. The number of hydrogen-bond donors (Lipinski definition) is 1. The summed E-state index contributed by atoms with van der Waals surface area (Å²) in [7, 11) is 0. The van der Waals surface area contributed by atoms with Crippen LogP contribution in [-0.2, 0) is 16.0 Å². The zero-order valence-corrected chi connectivity index (χ0v) is 12.3. The van der Waals surface area contributed by atoms with Gasteiger partial charge in [0.25, 0.3) is 0 Å². The van der Waals surface area contributed by atoms with Crippen molar-refractivity contribution in [3.8, 4) is 0 Å². The van der Waals surface area contributed by atoms with Gasteiger partial charge in [-0.25, -0.2) is 0 Å². The molecule has 0 saturated carbocycles. The van der Waals surface area contributed by atoms with E-state index >= 15 is 0 Å². The Bertz CT molecular complexity index is 564. The highest BCUT2D eigenvalue weighted by atomic mass is 16.5. The van der Waals surface area contributed by atoms with E-state index < -0.39 is 0 Å². The maximum atomic E-state index is 11.4. The molecular formula is C18H21NO2. The van der Waals surface area contributed by atoms with Crippen LogP contribution in [0.2, 0.25) is 0 Å². The minimum atomic E-state index is -0.310. The molecule has 0 aliphatic heterocycles. The van der Waals surface area contributed by atoms with E-state index in [9.17, 15) is 4.79 Å². The first-order chi connectivity index (χ1) is 10.2. The van der Waals surface area contributed by atoms with Gasteiger partial charge in [0.15, 0.2) is 0 Å². The van der Waals surface area contributed by atoms with Crippen molar-refractivity contribution in [1.82, 2.24) is 0 Å². The quantitative estimate of drug-likeness (QED) is 0.828. The summed E-state index contributed by atoms with van der Waals surface area (Å²) < 4.78 is 4.92. The first-order valence-corrected chi connectivity index (χ1v) is 7.23. The summed E-state index contributed by atoms with van der Waals surface area (Å²) in [6.07, 6.45) is 1.11. The van der Waals surface area contributed by atoms with E-state index in [1.165, 1.54) is 11.1 Å². The highest BCUT2D eigenvalue weighted by Crippen LogP contribution is 2.17. The number of carbonyl (C=O) groups excluding carboxylic acids is 1. The summed E-state index contributed by atoms with van der Waals surface area (Å²) in [5, 5.41) is 0. The van der Waals surface area contributed by atoms with Gasteiger partial charge in [-0.15, -0.1) is 0 Å². The van der Waals surface area contributed by atoms with E-state index in [-0.39, 0.29) is 18.4 Å². The molecule has 1 atom stereocenters. The molecule has 1 unspecified atom stereocenters. The van der Waals surface area contributed by atoms with Crippen LogP contribution in [0.4, 0.5) is 0 Å². The fraction of sp³-hybridized carbons (Fsp3) is 0.278. The van der Waals surface area contributed by atoms with Crippen molar-refractivity contribution >= 4 is 5.97 Å². The van der Waals surface area contributed by atoms with Gasteiger partial charge in [0.2, 0.25) is 0 Å². The molecule has 0 aliphatic carbocycles. The Labute approximate surface area is 125 Å². The number of carbonyl (C=O) groups is 1. The van der Waals surface area contributed by atoms with Gasteiger partial charge >= 0.3 is 5.97 Å². The molecule has 3 heteroatoms. The molecule has 0 spiro atoms. The molecule has 3 nitrogen and oxygen atoms in total. The Hall–Kier alpha value is -2.13. The lowest BCUT2D eigenvalue weighted by atomic mass is 10.00. The Morgan fingerprint density at radius 3 is 2.29 bits per heavy atom. The van der Waals surface area contributed by atoms with E-state index in [1.807, 2.05) is 30.3 Å². The van der Waals surface area contributed by atoms with E-state index in [0.29, 0.717) is 6.61 Å². The summed E-state index contributed by atoms with van der Waals surface area (Å²) in [4.78, 5) is 11.4. The molecule has 0 aromatic heterocycles. The van der Waals surface area contributed by atoms with E-state index in [2.05, 4.69) is 24.3 Å². The molecule has 2 aromatic carbocycles. The Morgan fingerprint density at radius 2 is 1.67 bits per heavy atom. The van der Waals surface area contributed by atoms with E-state index in [4.69, 9.17) is 10.5 Å². The summed E-state index contributed by atoms with van der Waals surface area (Å²) in [6, 6.07) is 18.1. The van der Waals surface area contributed by atoms with Crippen LogP contribution < -0.4 is 5.73 Å². The summed E-state index contributed by atoms with van der Waals surface area (Å²) >= 11 is 0. The van der Waals surface area contributed by atoms with Crippen molar-refractivity contribution in [1.29, 1.82) is 0 Å². The number of esters is 1. The van der Waals surface area contributed by atoms with E-state index in [1.54, 1.807) is 6.92 Å². The molecule has 0 saturated heterocycles. The Kier molecular flexibility index (Phi) is 5.52. The van der Waals surface area contributed by atoms with E-state index in [0.717, 1.165) is 12.0 Å². The fourth-order valence-electron chi connectivity index (χ4n) is 2.23. The number of rotatable bonds is 6. The van der Waals surface area contributed by atoms with Crippen LogP contribution in [0.5, 0.6) is 0 Å². The van der Waals surface area contributed by atoms with Gasteiger partial charge in [-0.1, -0.05) is 54.6 Å². The first-order valence-electron chi connectivity index (χ1n) is 7.23. The smallest absolute Gasteiger partial charge is 0.307 e. The lowest BCUT2D eigenvalue weighted by Crippen LogP contribution is -2.17. The third-order valence-electron chi connectivity index (χ3n) is 3.35. The zero-order valence-electron chi connectivity index (χ0n) is 12.3. The van der Waals surface area contributed by atoms with Crippen molar-refractivity contribution in [2.75, 3.05) is 6.61 Å². The molecular weight excluding hydrogens is 262 g/mol. The predicted molar refractivity (Wildman–Crippen MR) is 83.9 cm³/mol.